The average molecular weight is 306 g/mol. The zero-order chi connectivity index (χ0) is 15.4. The zero-order valence-electron chi connectivity index (χ0n) is 12.4. The molecular formula is C16H22N2O2S. The standard InChI is InChI=1S/C16H22N2O2S/c1-10(2)7-12(17)16(20)18-9-13(19)15-8-11-5-3-4-6-14(11)21-15/h3-6,8,10,12-13,19H,7,9,17H2,1-2H3,(H,18,20)/t12-,13?/m0/s1. The van der Waals surface area contributed by atoms with E-state index in [9.17, 15) is 9.90 Å². The maximum atomic E-state index is 11.8. The monoisotopic (exact) mass is 306 g/mol. The molecule has 4 nitrogen and oxygen atoms in total. The van der Waals surface area contributed by atoms with E-state index in [1.165, 1.54) is 0 Å². The number of rotatable bonds is 6. The Morgan fingerprint density at radius 3 is 2.76 bits per heavy atom. The molecule has 0 saturated heterocycles. The second-order valence-electron chi connectivity index (χ2n) is 5.68. The van der Waals surface area contributed by atoms with Crippen LogP contribution in [0.15, 0.2) is 30.3 Å². The number of carbonyl (C=O) groups excluding carboxylic acids is 1. The van der Waals surface area contributed by atoms with Crippen LogP contribution in [0.4, 0.5) is 0 Å². The van der Waals surface area contributed by atoms with Gasteiger partial charge in [0, 0.05) is 16.1 Å². The summed E-state index contributed by atoms with van der Waals surface area (Å²) in [4.78, 5) is 12.7. The number of thiophene rings is 1. The Labute approximate surface area is 129 Å². The minimum absolute atomic E-state index is 0.192. The zero-order valence-corrected chi connectivity index (χ0v) is 13.2. The van der Waals surface area contributed by atoms with E-state index in [4.69, 9.17) is 5.73 Å². The molecule has 114 valence electrons. The fourth-order valence-corrected chi connectivity index (χ4v) is 3.26. The molecule has 2 atom stereocenters. The number of aliphatic hydroxyl groups excluding tert-OH is 1. The second-order valence-corrected chi connectivity index (χ2v) is 6.80. The number of nitrogens with two attached hydrogens (primary N) is 1. The van der Waals surface area contributed by atoms with Crippen molar-refractivity contribution in [2.45, 2.75) is 32.4 Å². The molecule has 0 saturated carbocycles. The van der Waals surface area contributed by atoms with Gasteiger partial charge in [0.25, 0.3) is 0 Å². The van der Waals surface area contributed by atoms with Gasteiger partial charge in [-0.15, -0.1) is 11.3 Å². The number of nitrogens with one attached hydrogen (secondary N) is 1. The van der Waals surface area contributed by atoms with E-state index in [0.717, 1.165) is 15.0 Å². The van der Waals surface area contributed by atoms with E-state index in [1.54, 1.807) is 11.3 Å². The van der Waals surface area contributed by atoms with Gasteiger partial charge in [-0.2, -0.15) is 0 Å². The van der Waals surface area contributed by atoms with Crippen molar-refractivity contribution >= 4 is 27.3 Å². The highest BCUT2D eigenvalue weighted by molar-refractivity contribution is 7.19. The van der Waals surface area contributed by atoms with Crippen LogP contribution in [0.3, 0.4) is 0 Å². The number of fused-ring (bicyclic) bond motifs is 1. The van der Waals surface area contributed by atoms with Gasteiger partial charge >= 0.3 is 0 Å². The minimum atomic E-state index is -0.697. The Kier molecular flexibility index (Phi) is 5.33. The molecule has 21 heavy (non-hydrogen) atoms. The first-order chi connectivity index (χ1) is 9.97. The van der Waals surface area contributed by atoms with Crippen LogP contribution in [0.5, 0.6) is 0 Å². The Bertz CT molecular complexity index is 576. The predicted octanol–water partition coefficient (Wildman–Crippen LogP) is 2.42. The number of benzene rings is 1. The Hall–Kier alpha value is -1.43. The van der Waals surface area contributed by atoms with Crippen LogP contribution in [0, 0.1) is 5.92 Å². The van der Waals surface area contributed by atoms with E-state index in [2.05, 4.69) is 5.32 Å². The molecule has 0 fully saturated rings. The van der Waals surface area contributed by atoms with Gasteiger partial charge in [0.05, 0.1) is 6.04 Å². The van der Waals surface area contributed by atoms with Crippen LogP contribution in [0.25, 0.3) is 10.1 Å². The highest BCUT2D eigenvalue weighted by Gasteiger charge is 2.17. The van der Waals surface area contributed by atoms with Crippen molar-refractivity contribution in [3.05, 3.63) is 35.2 Å². The third kappa shape index (κ3) is 4.27. The van der Waals surface area contributed by atoms with E-state index >= 15 is 0 Å². The molecule has 0 radical (unpaired) electrons. The van der Waals surface area contributed by atoms with E-state index in [-0.39, 0.29) is 12.5 Å². The molecule has 5 heteroatoms. The first-order valence-electron chi connectivity index (χ1n) is 7.17. The first kappa shape index (κ1) is 15.9. The summed E-state index contributed by atoms with van der Waals surface area (Å²) in [5.41, 5.74) is 5.81. The van der Waals surface area contributed by atoms with Gasteiger partial charge in [0.2, 0.25) is 5.91 Å². The molecule has 4 N–H and O–H groups in total. The molecule has 1 unspecified atom stereocenters. The van der Waals surface area contributed by atoms with Crippen molar-refractivity contribution in [3.8, 4) is 0 Å². The van der Waals surface area contributed by atoms with Crippen LogP contribution in [0.1, 0.15) is 31.2 Å². The lowest BCUT2D eigenvalue weighted by molar-refractivity contribution is -0.123. The number of carbonyl (C=O) groups is 1. The van der Waals surface area contributed by atoms with Gasteiger partial charge in [-0.05, 0) is 29.9 Å². The number of aliphatic hydroxyl groups is 1. The third-order valence-corrected chi connectivity index (χ3v) is 4.52. The topological polar surface area (TPSA) is 75.4 Å². The average Bonchev–Trinajstić information content (AvgIpc) is 2.87. The molecule has 1 aromatic heterocycles. The van der Waals surface area contributed by atoms with Crippen molar-refractivity contribution in [1.29, 1.82) is 0 Å². The molecule has 1 aromatic carbocycles. The SMILES string of the molecule is CC(C)C[C@H](N)C(=O)NCC(O)c1cc2ccccc2s1. The molecule has 0 spiro atoms. The Balaban J connectivity index is 1.92. The fraction of sp³-hybridized carbons (Fsp3) is 0.438. The normalized spacial score (nSPS) is 14.3. The van der Waals surface area contributed by atoms with E-state index in [0.29, 0.717) is 12.3 Å². The minimum Gasteiger partial charge on any atom is -0.386 e. The predicted molar refractivity (Wildman–Crippen MR) is 87.2 cm³/mol. The maximum Gasteiger partial charge on any atom is 0.237 e. The van der Waals surface area contributed by atoms with Crippen molar-refractivity contribution in [1.82, 2.24) is 5.32 Å². The third-order valence-electron chi connectivity index (χ3n) is 3.30. The highest BCUT2D eigenvalue weighted by Crippen LogP contribution is 2.29. The molecule has 0 bridgehead atoms. The maximum absolute atomic E-state index is 11.8. The van der Waals surface area contributed by atoms with Gasteiger partial charge in [0.15, 0.2) is 0 Å². The lowest BCUT2D eigenvalue weighted by Gasteiger charge is -2.15. The number of hydrogen-bond acceptors (Lipinski definition) is 4. The van der Waals surface area contributed by atoms with Gasteiger partial charge in [-0.1, -0.05) is 32.0 Å². The van der Waals surface area contributed by atoms with E-state index < -0.39 is 12.1 Å². The van der Waals surface area contributed by atoms with E-state index in [1.807, 2.05) is 44.2 Å². The Morgan fingerprint density at radius 1 is 1.38 bits per heavy atom. The van der Waals surface area contributed by atoms with Crippen LogP contribution in [0.2, 0.25) is 0 Å². The molecule has 2 aromatic rings. The summed E-state index contributed by atoms with van der Waals surface area (Å²) in [6, 6.07) is 9.43. The van der Waals surface area contributed by atoms with Gasteiger partial charge in [-0.25, -0.2) is 0 Å². The number of hydrogen-bond donors (Lipinski definition) is 3. The summed E-state index contributed by atoms with van der Waals surface area (Å²) in [5.74, 6) is 0.169. The molecule has 0 aliphatic carbocycles. The quantitative estimate of drug-likeness (QED) is 0.767. The van der Waals surface area contributed by atoms with Gasteiger partial charge in [-0.3, -0.25) is 4.79 Å². The van der Waals surface area contributed by atoms with Crippen molar-refractivity contribution in [2.75, 3.05) is 6.54 Å². The summed E-state index contributed by atoms with van der Waals surface area (Å²) in [7, 11) is 0. The van der Waals surface area contributed by atoms with Crippen LogP contribution in [-0.4, -0.2) is 23.6 Å². The smallest absolute Gasteiger partial charge is 0.237 e. The van der Waals surface area contributed by atoms with Gasteiger partial charge < -0.3 is 16.2 Å². The summed E-state index contributed by atoms with van der Waals surface area (Å²) in [6.45, 7) is 4.25. The lowest BCUT2D eigenvalue weighted by atomic mass is 10.0. The fourth-order valence-electron chi connectivity index (χ4n) is 2.21. The van der Waals surface area contributed by atoms with Gasteiger partial charge in [0.1, 0.15) is 6.10 Å². The van der Waals surface area contributed by atoms with Crippen LogP contribution in [-0.2, 0) is 4.79 Å². The van der Waals surface area contributed by atoms with Crippen LogP contribution < -0.4 is 11.1 Å². The molecule has 1 heterocycles. The number of amides is 1. The summed E-state index contributed by atoms with van der Waals surface area (Å²) in [6.07, 6.45) is -0.0530. The second kappa shape index (κ2) is 7.02. The lowest BCUT2D eigenvalue weighted by Crippen LogP contribution is -2.42. The van der Waals surface area contributed by atoms with Crippen molar-refractivity contribution in [2.24, 2.45) is 11.7 Å². The molecule has 0 aliphatic heterocycles. The Morgan fingerprint density at radius 2 is 2.10 bits per heavy atom. The largest absolute Gasteiger partial charge is 0.386 e. The summed E-state index contributed by atoms with van der Waals surface area (Å²) >= 11 is 1.54. The highest BCUT2D eigenvalue weighted by atomic mass is 32.1. The van der Waals surface area contributed by atoms with Crippen LogP contribution >= 0.6 is 11.3 Å². The summed E-state index contributed by atoms with van der Waals surface area (Å²) < 4.78 is 1.13. The first-order valence-corrected chi connectivity index (χ1v) is 7.99. The van der Waals surface area contributed by atoms with Crippen molar-refractivity contribution < 1.29 is 9.90 Å². The molecule has 0 aliphatic rings. The molecule has 1 amide bonds. The summed E-state index contributed by atoms with van der Waals surface area (Å²) in [5, 5.41) is 14.0. The molecular weight excluding hydrogens is 284 g/mol. The van der Waals surface area contributed by atoms with Crippen molar-refractivity contribution in [3.63, 3.8) is 0 Å². The molecule has 2 rings (SSSR count).